The van der Waals surface area contributed by atoms with Crippen LogP contribution in [0.25, 0.3) is 5.69 Å². The summed E-state index contributed by atoms with van der Waals surface area (Å²) in [4.78, 5) is 17.8. The summed E-state index contributed by atoms with van der Waals surface area (Å²) in [6.45, 7) is 2.37. The van der Waals surface area contributed by atoms with Gasteiger partial charge in [-0.1, -0.05) is 18.2 Å². The number of nitriles is 1. The fourth-order valence-electron chi connectivity index (χ4n) is 4.04. The molecule has 1 fully saturated rings. The standard InChI is InChI=1S/C22H30N8O/c1-26-22(29-12-6-7-16(15-29)13-20(24)31)27-11-5-10-19-18(14-23)21(25)30(28-19)17-8-3-2-4-9-17/h2-4,8-9,16H,5-7,10-13,15,25H2,1H3,(H2,24,31)(H,26,27). The fourth-order valence-corrected chi connectivity index (χ4v) is 4.04. The Labute approximate surface area is 182 Å². The zero-order valence-corrected chi connectivity index (χ0v) is 17.9. The summed E-state index contributed by atoms with van der Waals surface area (Å²) in [7, 11) is 1.76. The molecule has 9 nitrogen and oxygen atoms in total. The van der Waals surface area contributed by atoms with Gasteiger partial charge in [-0.05, 0) is 43.7 Å². The van der Waals surface area contributed by atoms with Gasteiger partial charge in [0.15, 0.2) is 5.96 Å². The molecule has 164 valence electrons. The van der Waals surface area contributed by atoms with Crippen LogP contribution in [0.15, 0.2) is 35.3 Å². The number of nitrogens with zero attached hydrogens (tertiary/aromatic N) is 5. The van der Waals surface area contributed by atoms with E-state index in [1.165, 1.54) is 0 Å². The van der Waals surface area contributed by atoms with E-state index in [1.54, 1.807) is 11.7 Å². The smallest absolute Gasteiger partial charge is 0.217 e. The van der Waals surface area contributed by atoms with Gasteiger partial charge in [0.1, 0.15) is 17.5 Å². The molecule has 1 aromatic carbocycles. The predicted molar refractivity (Wildman–Crippen MR) is 120 cm³/mol. The van der Waals surface area contributed by atoms with Gasteiger partial charge in [0.2, 0.25) is 5.91 Å². The van der Waals surface area contributed by atoms with Gasteiger partial charge in [0, 0.05) is 33.1 Å². The number of hydrogen-bond donors (Lipinski definition) is 3. The number of para-hydroxylation sites is 1. The second-order valence-electron chi connectivity index (χ2n) is 7.77. The molecular formula is C22H30N8O. The Balaban J connectivity index is 1.56. The second-order valence-corrected chi connectivity index (χ2v) is 7.77. The van der Waals surface area contributed by atoms with E-state index >= 15 is 0 Å². The van der Waals surface area contributed by atoms with E-state index in [0.717, 1.165) is 44.0 Å². The summed E-state index contributed by atoms with van der Waals surface area (Å²) in [5, 5.41) is 17.5. The monoisotopic (exact) mass is 422 g/mol. The number of hydrogen-bond acceptors (Lipinski definition) is 5. The third-order valence-corrected chi connectivity index (χ3v) is 5.50. The van der Waals surface area contributed by atoms with Gasteiger partial charge in [-0.2, -0.15) is 10.4 Å². The zero-order chi connectivity index (χ0) is 22.2. The van der Waals surface area contributed by atoms with Crippen molar-refractivity contribution in [3.05, 3.63) is 41.6 Å². The molecule has 0 saturated carbocycles. The number of carbonyl (C=O) groups is 1. The first-order chi connectivity index (χ1) is 15.0. The van der Waals surface area contributed by atoms with E-state index in [-0.39, 0.29) is 11.8 Å². The van der Waals surface area contributed by atoms with Crippen molar-refractivity contribution in [3.63, 3.8) is 0 Å². The van der Waals surface area contributed by atoms with E-state index in [4.69, 9.17) is 11.5 Å². The van der Waals surface area contributed by atoms with Crippen molar-refractivity contribution in [1.82, 2.24) is 20.0 Å². The Kier molecular flexibility index (Phi) is 7.49. The molecule has 1 amide bonds. The first kappa shape index (κ1) is 22.2. The number of nitrogens with two attached hydrogens (primary N) is 2. The lowest BCUT2D eigenvalue weighted by Crippen LogP contribution is -2.47. The van der Waals surface area contributed by atoms with Crippen LogP contribution in [0.2, 0.25) is 0 Å². The molecule has 0 radical (unpaired) electrons. The first-order valence-corrected chi connectivity index (χ1v) is 10.6. The summed E-state index contributed by atoms with van der Waals surface area (Å²) in [5.41, 5.74) is 13.5. The lowest BCUT2D eigenvalue weighted by Gasteiger charge is -2.34. The maximum Gasteiger partial charge on any atom is 0.217 e. The van der Waals surface area contributed by atoms with Gasteiger partial charge in [0.25, 0.3) is 0 Å². The number of benzene rings is 1. The van der Waals surface area contributed by atoms with Crippen molar-refractivity contribution in [1.29, 1.82) is 5.26 Å². The number of guanidine groups is 1. The SMILES string of the molecule is CN=C(NCCCc1nn(-c2ccccc2)c(N)c1C#N)N1CCCC(CC(N)=O)C1. The normalized spacial score (nSPS) is 16.7. The molecule has 0 bridgehead atoms. The minimum Gasteiger partial charge on any atom is -0.382 e. The minimum absolute atomic E-state index is 0.252. The molecule has 0 spiro atoms. The number of nitrogens with one attached hydrogen (secondary N) is 1. The van der Waals surface area contributed by atoms with E-state index in [0.29, 0.717) is 36.5 Å². The molecule has 1 aliphatic heterocycles. The number of amides is 1. The number of aliphatic imine (C=N–C) groups is 1. The third kappa shape index (κ3) is 5.54. The minimum atomic E-state index is -0.252. The molecule has 1 aliphatic rings. The van der Waals surface area contributed by atoms with E-state index in [2.05, 4.69) is 26.4 Å². The van der Waals surface area contributed by atoms with Crippen LogP contribution in [-0.2, 0) is 11.2 Å². The topological polar surface area (TPSA) is 138 Å². The molecule has 1 saturated heterocycles. The Morgan fingerprint density at radius 2 is 2.16 bits per heavy atom. The van der Waals surface area contributed by atoms with Gasteiger partial charge < -0.3 is 21.7 Å². The number of carbonyl (C=O) groups excluding carboxylic acids is 1. The Morgan fingerprint density at radius 3 is 2.84 bits per heavy atom. The van der Waals surface area contributed by atoms with Crippen LogP contribution in [0.1, 0.15) is 36.9 Å². The van der Waals surface area contributed by atoms with Crippen molar-refractivity contribution >= 4 is 17.7 Å². The Bertz CT molecular complexity index is 960. The summed E-state index contributed by atoms with van der Waals surface area (Å²) >= 11 is 0. The van der Waals surface area contributed by atoms with Crippen molar-refractivity contribution in [3.8, 4) is 11.8 Å². The first-order valence-electron chi connectivity index (χ1n) is 10.6. The number of anilines is 1. The van der Waals surface area contributed by atoms with E-state index in [1.807, 2.05) is 30.3 Å². The molecule has 1 atom stereocenters. The van der Waals surface area contributed by atoms with Gasteiger partial charge in [-0.25, -0.2) is 4.68 Å². The molecule has 1 unspecified atom stereocenters. The quantitative estimate of drug-likeness (QED) is 0.350. The lowest BCUT2D eigenvalue weighted by molar-refractivity contribution is -0.119. The van der Waals surface area contributed by atoms with Crippen LogP contribution < -0.4 is 16.8 Å². The largest absolute Gasteiger partial charge is 0.382 e. The summed E-state index contributed by atoms with van der Waals surface area (Å²) in [5.74, 6) is 1.20. The highest BCUT2D eigenvalue weighted by Gasteiger charge is 2.23. The highest BCUT2D eigenvalue weighted by molar-refractivity contribution is 5.80. The third-order valence-electron chi connectivity index (χ3n) is 5.50. The van der Waals surface area contributed by atoms with Gasteiger partial charge in [-0.15, -0.1) is 0 Å². The maximum atomic E-state index is 11.2. The van der Waals surface area contributed by atoms with Crippen LogP contribution in [0.3, 0.4) is 0 Å². The summed E-state index contributed by atoms with van der Waals surface area (Å²) in [6, 6.07) is 11.7. The van der Waals surface area contributed by atoms with Crippen LogP contribution in [0, 0.1) is 17.2 Å². The Morgan fingerprint density at radius 1 is 1.39 bits per heavy atom. The number of primary amides is 1. The molecule has 2 aromatic rings. The molecule has 5 N–H and O–H groups in total. The van der Waals surface area contributed by atoms with Crippen molar-refractivity contribution in [2.75, 3.05) is 32.4 Å². The molecule has 31 heavy (non-hydrogen) atoms. The number of rotatable bonds is 7. The van der Waals surface area contributed by atoms with Crippen LogP contribution >= 0.6 is 0 Å². The highest BCUT2D eigenvalue weighted by atomic mass is 16.1. The van der Waals surface area contributed by atoms with E-state index in [9.17, 15) is 10.1 Å². The average molecular weight is 423 g/mol. The molecule has 0 aliphatic carbocycles. The number of aryl methyl sites for hydroxylation is 1. The van der Waals surface area contributed by atoms with Crippen molar-refractivity contribution < 1.29 is 4.79 Å². The van der Waals surface area contributed by atoms with Gasteiger partial charge in [-0.3, -0.25) is 9.79 Å². The number of likely N-dealkylation sites (tertiary alicyclic amines) is 1. The average Bonchev–Trinajstić information content (AvgIpc) is 3.09. The van der Waals surface area contributed by atoms with Crippen LogP contribution in [0.4, 0.5) is 5.82 Å². The summed E-state index contributed by atoms with van der Waals surface area (Å²) < 4.78 is 1.62. The highest BCUT2D eigenvalue weighted by Crippen LogP contribution is 2.22. The maximum absolute atomic E-state index is 11.2. The number of piperidine rings is 1. The molecular weight excluding hydrogens is 392 g/mol. The molecule has 1 aromatic heterocycles. The summed E-state index contributed by atoms with van der Waals surface area (Å²) in [6.07, 6.45) is 3.84. The lowest BCUT2D eigenvalue weighted by atomic mass is 9.95. The predicted octanol–water partition coefficient (Wildman–Crippen LogP) is 1.42. The fraction of sp³-hybridized carbons (Fsp3) is 0.455. The molecule has 2 heterocycles. The van der Waals surface area contributed by atoms with E-state index < -0.39 is 0 Å². The molecule has 9 heteroatoms. The Hall–Kier alpha value is -3.54. The molecule has 3 rings (SSSR count). The van der Waals surface area contributed by atoms with Crippen molar-refractivity contribution in [2.45, 2.75) is 32.1 Å². The van der Waals surface area contributed by atoms with Crippen molar-refractivity contribution in [2.24, 2.45) is 16.6 Å². The number of nitrogen functional groups attached to an aromatic ring is 1. The van der Waals surface area contributed by atoms with Crippen LogP contribution in [-0.4, -0.2) is 53.2 Å². The van der Waals surface area contributed by atoms with Crippen LogP contribution in [0.5, 0.6) is 0 Å². The van der Waals surface area contributed by atoms with Gasteiger partial charge >= 0.3 is 0 Å². The number of aromatic nitrogens is 2. The van der Waals surface area contributed by atoms with Gasteiger partial charge in [0.05, 0.1) is 11.4 Å². The zero-order valence-electron chi connectivity index (χ0n) is 17.9. The second kappa shape index (κ2) is 10.5.